The lowest BCUT2D eigenvalue weighted by atomic mass is 10.0. The molecule has 0 spiro atoms. The molecule has 0 radical (unpaired) electrons. The van der Waals surface area contributed by atoms with E-state index in [2.05, 4.69) is 12.1 Å². The molecule has 0 amide bonds. The molecule has 0 bridgehead atoms. The van der Waals surface area contributed by atoms with Gasteiger partial charge in [-0.15, -0.1) is 0 Å². The molecule has 0 aromatic heterocycles. The third kappa shape index (κ3) is 5.99. The molecule has 1 unspecified atom stereocenters. The number of carboxylic acids is 1. The molecule has 19 heavy (non-hydrogen) atoms. The van der Waals surface area contributed by atoms with Gasteiger partial charge in [-0.1, -0.05) is 43.2 Å². The van der Waals surface area contributed by atoms with Gasteiger partial charge in [-0.25, -0.2) is 4.79 Å². The maximum atomic E-state index is 10.6. The molecule has 0 saturated heterocycles. The second kappa shape index (κ2) is 8.24. The van der Waals surface area contributed by atoms with Crippen LogP contribution in [0.25, 0.3) is 0 Å². The summed E-state index contributed by atoms with van der Waals surface area (Å²) in [5, 5.41) is 19.1. The highest BCUT2D eigenvalue weighted by Gasteiger charge is 2.27. The minimum Gasteiger partial charge on any atom is -0.476 e. The third-order valence-corrected chi connectivity index (χ3v) is 3.08. The van der Waals surface area contributed by atoms with E-state index in [1.807, 2.05) is 18.2 Å². The van der Waals surface area contributed by atoms with E-state index in [0.717, 1.165) is 25.7 Å². The monoisotopic (exact) mass is 265 g/mol. The van der Waals surface area contributed by atoms with Crippen molar-refractivity contribution in [1.82, 2.24) is 0 Å². The van der Waals surface area contributed by atoms with Crippen LogP contribution < -0.4 is 0 Å². The summed E-state index contributed by atoms with van der Waals surface area (Å²) in [5.41, 5.74) is 1.29. The number of hydrogen-bond donors (Lipinski definition) is 1. The summed E-state index contributed by atoms with van der Waals surface area (Å²) < 4.78 is 0. The Morgan fingerprint density at radius 1 is 1.16 bits per heavy atom. The predicted molar refractivity (Wildman–Crippen MR) is 71.6 cm³/mol. The number of carboxylic acid groups (broad SMARTS) is 1. The molecule has 0 aliphatic heterocycles. The van der Waals surface area contributed by atoms with Crippen molar-refractivity contribution in [1.29, 1.82) is 0 Å². The predicted octanol–water partition coefficient (Wildman–Crippen LogP) is 2.91. The minimum atomic E-state index is -1.45. The summed E-state index contributed by atoms with van der Waals surface area (Å²) in [4.78, 5) is 20.4. The van der Waals surface area contributed by atoms with E-state index >= 15 is 0 Å². The molecule has 1 N–H and O–H groups in total. The maximum absolute atomic E-state index is 10.6. The van der Waals surface area contributed by atoms with Crippen LogP contribution >= 0.6 is 0 Å². The van der Waals surface area contributed by atoms with E-state index in [-0.39, 0.29) is 6.42 Å². The largest absolute Gasteiger partial charge is 0.476 e. The first kappa shape index (κ1) is 15.1. The fourth-order valence-corrected chi connectivity index (χ4v) is 1.98. The quantitative estimate of drug-likeness (QED) is 0.423. The van der Waals surface area contributed by atoms with E-state index < -0.39 is 16.9 Å². The van der Waals surface area contributed by atoms with Crippen molar-refractivity contribution in [2.75, 3.05) is 0 Å². The molecule has 0 fully saturated rings. The Bertz CT molecular complexity index is 391. The standard InChI is InChI=1S/C14H19NO4/c16-14(17)13(15(18)19)11-7-2-1-4-8-12-9-5-3-6-10-12/h3,5-6,9-10,13H,1-2,4,7-8,11H2,(H,16,17). The first-order valence-corrected chi connectivity index (χ1v) is 6.51. The molecular formula is C14H19NO4. The van der Waals surface area contributed by atoms with Gasteiger partial charge in [0, 0.05) is 11.3 Å². The second-order valence-electron chi connectivity index (χ2n) is 4.58. The zero-order valence-corrected chi connectivity index (χ0v) is 10.8. The molecule has 5 nitrogen and oxygen atoms in total. The van der Waals surface area contributed by atoms with Crippen LogP contribution in [0.15, 0.2) is 30.3 Å². The smallest absolute Gasteiger partial charge is 0.379 e. The maximum Gasteiger partial charge on any atom is 0.379 e. The van der Waals surface area contributed by atoms with Crippen molar-refractivity contribution in [3.05, 3.63) is 46.0 Å². The number of carbonyl (C=O) groups is 1. The number of nitro groups is 1. The highest BCUT2D eigenvalue weighted by atomic mass is 16.6. The van der Waals surface area contributed by atoms with Gasteiger partial charge in [0.2, 0.25) is 0 Å². The van der Waals surface area contributed by atoms with Gasteiger partial charge in [-0.3, -0.25) is 10.1 Å². The van der Waals surface area contributed by atoms with E-state index in [1.54, 1.807) is 0 Å². The molecule has 104 valence electrons. The van der Waals surface area contributed by atoms with Gasteiger partial charge in [0.15, 0.2) is 0 Å². The van der Waals surface area contributed by atoms with Gasteiger partial charge < -0.3 is 5.11 Å². The van der Waals surface area contributed by atoms with Crippen LogP contribution in [-0.4, -0.2) is 22.0 Å². The Morgan fingerprint density at radius 2 is 1.79 bits per heavy atom. The van der Waals surface area contributed by atoms with Crippen LogP contribution in [0, 0.1) is 10.1 Å². The van der Waals surface area contributed by atoms with Gasteiger partial charge in [0.25, 0.3) is 0 Å². The Morgan fingerprint density at radius 3 is 2.37 bits per heavy atom. The Kier molecular flexibility index (Phi) is 6.57. The Balaban J connectivity index is 2.11. The Labute approximate surface area is 112 Å². The molecule has 1 aromatic carbocycles. The van der Waals surface area contributed by atoms with Gasteiger partial charge in [-0.2, -0.15) is 0 Å². The summed E-state index contributed by atoms with van der Waals surface area (Å²) in [6.07, 6.45) is 4.54. The van der Waals surface area contributed by atoms with Crippen molar-refractivity contribution in [3.63, 3.8) is 0 Å². The average Bonchev–Trinajstić information content (AvgIpc) is 2.38. The summed E-state index contributed by atoms with van der Waals surface area (Å²) in [7, 11) is 0. The van der Waals surface area contributed by atoms with Crippen molar-refractivity contribution in [3.8, 4) is 0 Å². The number of aliphatic carboxylic acids is 1. The van der Waals surface area contributed by atoms with Crippen molar-refractivity contribution in [2.45, 2.75) is 44.6 Å². The summed E-state index contributed by atoms with van der Waals surface area (Å²) >= 11 is 0. The zero-order valence-electron chi connectivity index (χ0n) is 10.8. The lowest BCUT2D eigenvalue weighted by molar-refractivity contribution is -0.511. The molecule has 1 aromatic rings. The average molecular weight is 265 g/mol. The number of nitrogens with zero attached hydrogens (tertiary/aromatic N) is 1. The number of unbranched alkanes of at least 4 members (excludes halogenated alkanes) is 3. The van der Waals surface area contributed by atoms with Crippen LogP contribution in [0.3, 0.4) is 0 Å². The van der Waals surface area contributed by atoms with Crippen LogP contribution in [-0.2, 0) is 11.2 Å². The summed E-state index contributed by atoms with van der Waals surface area (Å²) in [6.45, 7) is 0. The first-order valence-electron chi connectivity index (χ1n) is 6.51. The van der Waals surface area contributed by atoms with Crippen molar-refractivity contribution < 1.29 is 14.8 Å². The zero-order chi connectivity index (χ0) is 14.1. The summed E-state index contributed by atoms with van der Waals surface area (Å²) in [6, 6.07) is 8.69. The Hall–Kier alpha value is -1.91. The highest BCUT2D eigenvalue weighted by molar-refractivity contribution is 5.71. The molecule has 0 heterocycles. The van der Waals surface area contributed by atoms with Crippen LogP contribution in [0.5, 0.6) is 0 Å². The van der Waals surface area contributed by atoms with E-state index in [0.29, 0.717) is 6.42 Å². The van der Waals surface area contributed by atoms with E-state index in [1.165, 1.54) is 5.56 Å². The van der Waals surface area contributed by atoms with Crippen LogP contribution in [0.4, 0.5) is 0 Å². The number of hydrogen-bond acceptors (Lipinski definition) is 3. The summed E-state index contributed by atoms with van der Waals surface area (Å²) in [5.74, 6) is -1.34. The van der Waals surface area contributed by atoms with Gasteiger partial charge in [-0.05, 0) is 24.8 Å². The van der Waals surface area contributed by atoms with Crippen molar-refractivity contribution in [2.24, 2.45) is 0 Å². The lowest BCUT2D eigenvalue weighted by Crippen LogP contribution is -2.28. The lowest BCUT2D eigenvalue weighted by Gasteiger charge is -2.04. The first-order chi connectivity index (χ1) is 9.11. The van der Waals surface area contributed by atoms with Gasteiger partial charge >= 0.3 is 12.0 Å². The van der Waals surface area contributed by atoms with Crippen molar-refractivity contribution >= 4 is 5.97 Å². The minimum absolute atomic E-state index is 0.119. The molecule has 1 rings (SSSR count). The van der Waals surface area contributed by atoms with Gasteiger partial charge in [0.05, 0.1) is 0 Å². The fourth-order valence-electron chi connectivity index (χ4n) is 1.98. The normalized spacial score (nSPS) is 12.0. The van der Waals surface area contributed by atoms with Crippen LogP contribution in [0.2, 0.25) is 0 Å². The molecular weight excluding hydrogens is 246 g/mol. The topological polar surface area (TPSA) is 80.4 Å². The van der Waals surface area contributed by atoms with E-state index in [4.69, 9.17) is 5.11 Å². The number of benzene rings is 1. The number of rotatable bonds is 9. The molecule has 0 aliphatic rings. The number of aryl methyl sites for hydroxylation is 1. The second-order valence-corrected chi connectivity index (χ2v) is 4.58. The molecule has 0 aliphatic carbocycles. The third-order valence-electron chi connectivity index (χ3n) is 3.08. The highest BCUT2D eigenvalue weighted by Crippen LogP contribution is 2.11. The molecule has 0 saturated carbocycles. The SMILES string of the molecule is O=C(O)C(CCCCCCc1ccccc1)[N+](=O)[O-]. The molecule has 5 heteroatoms. The molecule has 1 atom stereocenters. The van der Waals surface area contributed by atoms with E-state index in [9.17, 15) is 14.9 Å². The fraction of sp³-hybridized carbons (Fsp3) is 0.500. The van der Waals surface area contributed by atoms with Gasteiger partial charge in [0.1, 0.15) is 0 Å². The van der Waals surface area contributed by atoms with Crippen LogP contribution in [0.1, 0.15) is 37.7 Å².